The zero-order valence-electron chi connectivity index (χ0n) is 12.0. The molecule has 0 aromatic rings. The van der Waals surface area contributed by atoms with Crippen LogP contribution in [0.4, 0.5) is 18.0 Å². The quantitative estimate of drug-likeness (QED) is 0.815. The minimum atomic E-state index is -4.65. The molecule has 2 aliphatic rings. The molecule has 0 aromatic heterocycles. The molecule has 0 bridgehead atoms. The first-order chi connectivity index (χ1) is 9.65. The molecule has 2 amide bonds. The van der Waals surface area contributed by atoms with Gasteiger partial charge in [0.2, 0.25) is 0 Å². The molecule has 2 fully saturated rings. The Kier molecular flexibility index (Phi) is 4.39. The summed E-state index contributed by atoms with van der Waals surface area (Å²) in [7, 11) is 0. The second-order valence-electron chi connectivity index (χ2n) is 6.08. The number of hydrogen-bond donors (Lipinski definition) is 2. The van der Waals surface area contributed by atoms with Crippen LogP contribution in [0.3, 0.4) is 0 Å². The molecular formula is C13H21F3N2O3. The van der Waals surface area contributed by atoms with E-state index in [1.54, 1.807) is 0 Å². The maximum absolute atomic E-state index is 12.7. The van der Waals surface area contributed by atoms with E-state index in [2.05, 4.69) is 5.32 Å². The smallest absolute Gasteiger partial charge is 0.380 e. The molecule has 2 aliphatic heterocycles. The van der Waals surface area contributed by atoms with Crippen LogP contribution in [0, 0.1) is 0 Å². The molecule has 0 aliphatic carbocycles. The molecule has 2 saturated heterocycles. The van der Waals surface area contributed by atoms with E-state index < -0.39 is 36.3 Å². The topological polar surface area (TPSA) is 61.8 Å². The highest BCUT2D eigenvalue weighted by Gasteiger charge is 2.54. The van der Waals surface area contributed by atoms with Gasteiger partial charge in [0.05, 0.1) is 5.60 Å². The number of nitrogens with zero attached hydrogens (tertiary/aromatic N) is 1. The fraction of sp³-hybridized carbons (Fsp3) is 0.923. The Labute approximate surface area is 121 Å². The van der Waals surface area contributed by atoms with Gasteiger partial charge in [-0.3, -0.25) is 0 Å². The van der Waals surface area contributed by atoms with Gasteiger partial charge < -0.3 is 20.1 Å². The molecule has 8 heteroatoms. The summed E-state index contributed by atoms with van der Waals surface area (Å²) in [5.41, 5.74) is -3.07. The molecule has 1 atom stereocenters. The van der Waals surface area contributed by atoms with E-state index in [-0.39, 0.29) is 13.1 Å². The van der Waals surface area contributed by atoms with E-state index in [9.17, 15) is 23.1 Å². The Morgan fingerprint density at radius 2 is 1.95 bits per heavy atom. The number of rotatable bonds is 2. The van der Waals surface area contributed by atoms with E-state index in [4.69, 9.17) is 4.74 Å². The summed E-state index contributed by atoms with van der Waals surface area (Å²) in [6.45, 7) is 2.68. The predicted octanol–water partition coefficient (Wildman–Crippen LogP) is 1.65. The number of alkyl halides is 3. The van der Waals surface area contributed by atoms with Crippen molar-refractivity contribution in [3.8, 4) is 0 Å². The van der Waals surface area contributed by atoms with Gasteiger partial charge in [-0.25, -0.2) is 4.79 Å². The molecule has 1 unspecified atom stereocenters. The summed E-state index contributed by atoms with van der Waals surface area (Å²) in [4.78, 5) is 13.3. The van der Waals surface area contributed by atoms with Gasteiger partial charge in [-0.2, -0.15) is 13.2 Å². The molecular weight excluding hydrogens is 289 g/mol. The molecule has 2 N–H and O–H groups in total. The Balaban J connectivity index is 1.81. The van der Waals surface area contributed by atoms with Crippen molar-refractivity contribution in [3.63, 3.8) is 0 Å². The second-order valence-corrected chi connectivity index (χ2v) is 6.08. The fourth-order valence-corrected chi connectivity index (χ4v) is 2.71. The third-order valence-corrected chi connectivity index (χ3v) is 4.32. The van der Waals surface area contributed by atoms with Gasteiger partial charge in [0.1, 0.15) is 0 Å². The molecule has 5 nitrogen and oxygen atoms in total. The van der Waals surface area contributed by atoms with Crippen LogP contribution in [-0.4, -0.2) is 59.7 Å². The predicted molar refractivity (Wildman–Crippen MR) is 68.8 cm³/mol. The second kappa shape index (κ2) is 5.64. The highest BCUT2D eigenvalue weighted by Crippen LogP contribution is 2.38. The summed E-state index contributed by atoms with van der Waals surface area (Å²) >= 11 is 0. The first kappa shape index (κ1) is 16.4. The van der Waals surface area contributed by atoms with Crippen molar-refractivity contribution in [1.82, 2.24) is 10.2 Å². The standard InChI is InChI=1S/C13H21F3N2O3/c1-11(3-2-8-21-11)9-17-10(19)18-6-4-12(20,5-7-18)13(14,15)16/h20H,2-9H2,1H3,(H,17,19). The Morgan fingerprint density at radius 3 is 2.43 bits per heavy atom. The third-order valence-electron chi connectivity index (χ3n) is 4.32. The third kappa shape index (κ3) is 3.60. The van der Waals surface area contributed by atoms with Crippen molar-refractivity contribution in [2.24, 2.45) is 0 Å². The van der Waals surface area contributed by atoms with E-state index in [1.807, 2.05) is 6.92 Å². The molecule has 0 aromatic carbocycles. The number of urea groups is 1. The number of ether oxygens (including phenoxy) is 1. The van der Waals surface area contributed by atoms with Gasteiger partial charge in [0.15, 0.2) is 5.60 Å². The van der Waals surface area contributed by atoms with E-state index >= 15 is 0 Å². The lowest BCUT2D eigenvalue weighted by Crippen LogP contribution is -2.56. The first-order valence-electron chi connectivity index (χ1n) is 7.11. The van der Waals surface area contributed by atoms with Crippen LogP contribution in [0.5, 0.6) is 0 Å². The summed E-state index contributed by atoms with van der Waals surface area (Å²) < 4.78 is 43.5. The molecule has 2 rings (SSSR count). The van der Waals surface area contributed by atoms with Crippen molar-refractivity contribution in [1.29, 1.82) is 0 Å². The van der Waals surface area contributed by atoms with E-state index in [0.29, 0.717) is 13.2 Å². The van der Waals surface area contributed by atoms with Crippen molar-refractivity contribution in [2.45, 2.75) is 50.0 Å². The fourth-order valence-electron chi connectivity index (χ4n) is 2.71. The van der Waals surface area contributed by atoms with Gasteiger partial charge in [-0.15, -0.1) is 0 Å². The number of carbonyl (C=O) groups excluding carboxylic acids is 1. The number of piperidine rings is 1. The Morgan fingerprint density at radius 1 is 1.33 bits per heavy atom. The van der Waals surface area contributed by atoms with Crippen molar-refractivity contribution >= 4 is 6.03 Å². The number of carbonyl (C=O) groups is 1. The van der Waals surface area contributed by atoms with Crippen molar-refractivity contribution < 1.29 is 27.8 Å². The minimum absolute atomic E-state index is 0.112. The average Bonchev–Trinajstić information content (AvgIpc) is 2.83. The molecule has 0 saturated carbocycles. The monoisotopic (exact) mass is 310 g/mol. The van der Waals surface area contributed by atoms with Gasteiger partial charge >= 0.3 is 12.2 Å². The number of likely N-dealkylation sites (tertiary alicyclic amines) is 1. The molecule has 0 spiro atoms. The highest BCUT2D eigenvalue weighted by atomic mass is 19.4. The zero-order valence-corrected chi connectivity index (χ0v) is 12.0. The van der Waals surface area contributed by atoms with Gasteiger partial charge in [0, 0.05) is 39.1 Å². The lowest BCUT2D eigenvalue weighted by atomic mass is 9.91. The molecule has 21 heavy (non-hydrogen) atoms. The lowest BCUT2D eigenvalue weighted by molar-refractivity contribution is -0.271. The lowest BCUT2D eigenvalue weighted by Gasteiger charge is -2.39. The zero-order chi connectivity index (χ0) is 15.7. The van der Waals surface area contributed by atoms with Crippen molar-refractivity contribution in [2.75, 3.05) is 26.2 Å². The van der Waals surface area contributed by atoms with Crippen LogP contribution < -0.4 is 5.32 Å². The molecule has 0 radical (unpaired) electrons. The van der Waals surface area contributed by atoms with E-state index in [0.717, 1.165) is 12.8 Å². The van der Waals surface area contributed by atoms with Crippen molar-refractivity contribution in [3.05, 3.63) is 0 Å². The summed E-state index contributed by atoms with van der Waals surface area (Å²) in [5, 5.41) is 12.2. The van der Waals surface area contributed by atoms with E-state index in [1.165, 1.54) is 4.90 Å². The maximum atomic E-state index is 12.7. The van der Waals surface area contributed by atoms with Crippen LogP contribution >= 0.6 is 0 Å². The average molecular weight is 310 g/mol. The number of nitrogens with one attached hydrogen (secondary N) is 1. The van der Waals surface area contributed by atoms with Crippen LogP contribution in [0.1, 0.15) is 32.6 Å². The summed E-state index contributed by atoms with van der Waals surface area (Å²) in [5.74, 6) is 0. The minimum Gasteiger partial charge on any atom is -0.380 e. The van der Waals surface area contributed by atoms with Crippen LogP contribution in [0.2, 0.25) is 0 Å². The largest absolute Gasteiger partial charge is 0.417 e. The summed E-state index contributed by atoms with van der Waals surface area (Å²) in [6.07, 6.45) is -3.84. The van der Waals surface area contributed by atoms with Gasteiger partial charge in [-0.1, -0.05) is 0 Å². The van der Waals surface area contributed by atoms with Crippen LogP contribution in [0.25, 0.3) is 0 Å². The van der Waals surface area contributed by atoms with Gasteiger partial charge in [0.25, 0.3) is 0 Å². The molecule has 2 heterocycles. The number of halogens is 3. The number of amides is 2. The van der Waals surface area contributed by atoms with Gasteiger partial charge in [-0.05, 0) is 19.8 Å². The SMILES string of the molecule is CC1(CNC(=O)N2CCC(O)(C(F)(F)F)CC2)CCCO1. The molecule has 122 valence electrons. The Hall–Kier alpha value is -1.02. The number of hydrogen-bond acceptors (Lipinski definition) is 3. The Bertz CT molecular complexity index is 387. The normalized spacial score (nSPS) is 29.5. The highest BCUT2D eigenvalue weighted by molar-refractivity contribution is 5.74. The number of aliphatic hydroxyl groups is 1. The van der Waals surface area contributed by atoms with Crippen LogP contribution in [-0.2, 0) is 4.74 Å². The summed E-state index contributed by atoms with van der Waals surface area (Å²) in [6, 6.07) is -0.407. The van der Waals surface area contributed by atoms with Crippen LogP contribution in [0.15, 0.2) is 0 Å². The first-order valence-corrected chi connectivity index (χ1v) is 7.11. The maximum Gasteiger partial charge on any atom is 0.417 e.